The molecule has 0 amide bonds. The molecule has 0 fully saturated rings. The highest BCUT2D eigenvalue weighted by molar-refractivity contribution is 5.13. The quantitative estimate of drug-likeness (QED) is 0.386. The molecule has 0 bridgehead atoms. The first-order valence-corrected chi connectivity index (χ1v) is 8.42. The standard InChI is InChI=1S/C19H30O4/c1-2-3-12-17(20)19(22)18(21)13-8-5-9-14-23-15-16-10-6-4-7-11-16/h2,4,6-7,10-11,17-22H,1,3,5,8-9,12-15H2/t17-,18-,19-/m0/s1. The normalized spacial score (nSPS) is 15.1. The van der Waals surface area contributed by atoms with Crippen LogP contribution in [0.4, 0.5) is 0 Å². The van der Waals surface area contributed by atoms with Crippen molar-refractivity contribution in [2.75, 3.05) is 6.61 Å². The summed E-state index contributed by atoms with van der Waals surface area (Å²) in [4.78, 5) is 0. The third-order valence-electron chi connectivity index (χ3n) is 3.86. The van der Waals surface area contributed by atoms with E-state index in [4.69, 9.17) is 4.74 Å². The fourth-order valence-electron chi connectivity index (χ4n) is 2.39. The second kappa shape index (κ2) is 12.3. The Labute approximate surface area is 139 Å². The highest BCUT2D eigenvalue weighted by Gasteiger charge is 2.23. The lowest BCUT2D eigenvalue weighted by Crippen LogP contribution is -2.37. The van der Waals surface area contributed by atoms with Gasteiger partial charge in [-0.3, -0.25) is 0 Å². The summed E-state index contributed by atoms with van der Waals surface area (Å²) in [5.41, 5.74) is 1.17. The van der Waals surface area contributed by atoms with Crippen LogP contribution in [0, 0.1) is 0 Å². The van der Waals surface area contributed by atoms with Crippen molar-refractivity contribution in [3.8, 4) is 0 Å². The molecule has 0 spiro atoms. The van der Waals surface area contributed by atoms with Gasteiger partial charge >= 0.3 is 0 Å². The number of unbranched alkanes of at least 4 members (excludes halogenated alkanes) is 2. The topological polar surface area (TPSA) is 69.9 Å². The van der Waals surface area contributed by atoms with Crippen LogP contribution in [-0.4, -0.2) is 40.2 Å². The number of aliphatic hydroxyl groups excluding tert-OH is 3. The highest BCUT2D eigenvalue weighted by Crippen LogP contribution is 2.13. The van der Waals surface area contributed by atoms with E-state index in [9.17, 15) is 15.3 Å². The first-order chi connectivity index (χ1) is 11.1. The molecule has 0 heterocycles. The number of hydrogen-bond donors (Lipinski definition) is 3. The molecule has 0 saturated carbocycles. The van der Waals surface area contributed by atoms with Crippen LogP contribution < -0.4 is 0 Å². The highest BCUT2D eigenvalue weighted by atomic mass is 16.5. The molecule has 0 aliphatic carbocycles. The predicted octanol–water partition coefficient (Wildman–Crippen LogP) is 2.81. The van der Waals surface area contributed by atoms with E-state index in [0.29, 0.717) is 32.5 Å². The lowest BCUT2D eigenvalue weighted by atomic mass is 9.99. The minimum atomic E-state index is -1.08. The Morgan fingerprint density at radius 2 is 1.65 bits per heavy atom. The Kier molecular flexibility index (Phi) is 10.6. The first-order valence-electron chi connectivity index (χ1n) is 8.42. The molecular formula is C19H30O4. The number of aliphatic hydroxyl groups is 3. The second-order valence-corrected chi connectivity index (χ2v) is 5.88. The number of hydrogen-bond acceptors (Lipinski definition) is 4. The average Bonchev–Trinajstić information content (AvgIpc) is 2.58. The molecule has 4 nitrogen and oxygen atoms in total. The Morgan fingerprint density at radius 1 is 0.957 bits per heavy atom. The van der Waals surface area contributed by atoms with Gasteiger partial charge < -0.3 is 20.1 Å². The zero-order valence-corrected chi connectivity index (χ0v) is 13.8. The van der Waals surface area contributed by atoms with Gasteiger partial charge in [0.1, 0.15) is 6.10 Å². The van der Waals surface area contributed by atoms with Crippen LogP contribution in [0.3, 0.4) is 0 Å². The molecule has 1 aromatic rings. The summed E-state index contributed by atoms with van der Waals surface area (Å²) in [6.07, 6.45) is 3.06. The van der Waals surface area contributed by atoms with Crippen LogP contribution in [0.15, 0.2) is 43.0 Å². The van der Waals surface area contributed by atoms with E-state index < -0.39 is 18.3 Å². The second-order valence-electron chi connectivity index (χ2n) is 5.88. The Hall–Kier alpha value is -1.20. The molecule has 0 aromatic heterocycles. The van der Waals surface area contributed by atoms with Crippen molar-refractivity contribution in [2.45, 2.75) is 63.4 Å². The van der Waals surface area contributed by atoms with Crippen molar-refractivity contribution in [1.29, 1.82) is 0 Å². The largest absolute Gasteiger partial charge is 0.390 e. The zero-order valence-electron chi connectivity index (χ0n) is 13.8. The maximum atomic E-state index is 9.87. The molecule has 1 aromatic carbocycles. The van der Waals surface area contributed by atoms with E-state index in [1.54, 1.807) is 6.08 Å². The van der Waals surface area contributed by atoms with Crippen LogP contribution in [0.2, 0.25) is 0 Å². The fraction of sp³-hybridized carbons (Fsp3) is 0.579. The van der Waals surface area contributed by atoms with Crippen LogP contribution in [-0.2, 0) is 11.3 Å². The monoisotopic (exact) mass is 322 g/mol. The Balaban J connectivity index is 2.02. The molecular weight excluding hydrogens is 292 g/mol. The minimum Gasteiger partial charge on any atom is -0.390 e. The van der Waals surface area contributed by atoms with Crippen molar-refractivity contribution < 1.29 is 20.1 Å². The van der Waals surface area contributed by atoms with Gasteiger partial charge in [-0.2, -0.15) is 0 Å². The van der Waals surface area contributed by atoms with Gasteiger partial charge in [0, 0.05) is 6.61 Å². The van der Waals surface area contributed by atoms with Gasteiger partial charge in [-0.25, -0.2) is 0 Å². The van der Waals surface area contributed by atoms with Gasteiger partial charge in [-0.1, -0.05) is 49.2 Å². The maximum Gasteiger partial charge on any atom is 0.106 e. The average molecular weight is 322 g/mol. The number of allylic oxidation sites excluding steroid dienone is 1. The first kappa shape index (κ1) is 19.8. The third kappa shape index (κ3) is 8.86. The summed E-state index contributed by atoms with van der Waals surface area (Å²) in [6.45, 7) is 4.89. The molecule has 0 aliphatic heterocycles. The van der Waals surface area contributed by atoms with E-state index in [1.807, 2.05) is 30.3 Å². The molecule has 130 valence electrons. The van der Waals surface area contributed by atoms with E-state index in [-0.39, 0.29) is 0 Å². The van der Waals surface area contributed by atoms with E-state index >= 15 is 0 Å². The molecule has 0 saturated heterocycles. The summed E-state index contributed by atoms with van der Waals surface area (Å²) in [7, 11) is 0. The van der Waals surface area contributed by atoms with E-state index in [2.05, 4.69) is 6.58 Å². The third-order valence-corrected chi connectivity index (χ3v) is 3.86. The van der Waals surface area contributed by atoms with Crippen LogP contribution in [0.5, 0.6) is 0 Å². The Bertz CT molecular complexity index is 407. The van der Waals surface area contributed by atoms with E-state index in [0.717, 1.165) is 19.3 Å². The van der Waals surface area contributed by atoms with Crippen molar-refractivity contribution >= 4 is 0 Å². The molecule has 0 radical (unpaired) electrons. The molecule has 4 heteroatoms. The molecule has 0 unspecified atom stereocenters. The lowest BCUT2D eigenvalue weighted by Gasteiger charge is -2.22. The van der Waals surface area contributed by atoms with Gasteiger partial charge in [-0.05, 0) is 31.2 Å². The van der Waals surface area contributed by atoms with E-state index in [1.165, 1.54) is 5.56 Å². The van der Waals surface area contributed by atoms with Crippen LogP contribution in [0.25, 0.3) is 0 Å². The predicted molar refractivity (Wildman–Crippen MR) is 92.0 cm³/mol. The lowest BCUT2D eigenvalue weighted by molar-refractivity contribution is -0.0643. The van der Waals surface area contributed by atoms with Crippen LogP contribution in [0.1, 0.15) is 44.1 Å². The number of ether oxygens (including phenoxy) is 1. The van der Waals surface area contributed by atoms with Gasteiger partial charge in [-0.15, -0.1) is 6.58 Å². The minimum absolute atomic E-state index is 0.426. The van der Waals surface area contributed by atoms with Crippen molar-refractivity contribution in [3.63, 3.8) is 0 Å². The fourth-order valence-corrected chi connectivity index (χ4v) is 2.39. The van der Waals surface area contributed by atoms with Crippen molar-refractivity contribution in [1.82, 2.24) is 0 Å². The molecule has 0 aliphatic rings. The Morgan fingerprint density at radius 3 is 2.35 bits per heavy atom. The van der Waals surface area contributed by atoms with Crippen molar-refractivity contribution in [3.05, 3.63) is 48.6 Å². The summed E-state index contributed by atoms with van der Waals surface area (Å²) >= 11 is 0. The van der Waals surface area contributed by atoms with Gasteiger partial charge in [0.15, 0.2) is 0 Å². The smallest absolute Gasteiger partial charge is 0.106 e. The summed E-state index contributed by atoms with van der Waals surface area (Å²) in [5, 5.41) is 29.4. The summed E-state index contributed by atoms with van der Waals surface area (Å²) < 4.78 is 5.60. The number of benzene rings is 1. The summed E-state index contributed by atoms with van der Waals surface area (Å²) in [6, 6.07) is 10.0. The van der Waals surface area contributed by atoms with Gasteiger partial charge in [0.05, 0.1) is 18.8 Å². The number of rotatable bonds is 13. The van der Waals surface area contributed by atoms with Crippen LogP contribution >= 0.6 is 0 Å². The SMILES string of the molecule is C=CCC[C@H](O)[C@H](O)[C@@H](O)CCCCCOCc1ccccc1. The maximum absolute atomic E-state index is 9.87. The van der Waals surface area contributed by atoms with Gasteiger partial charge in [0.2, 0.25) is 0 Å². The zero-order chi connectivity index (χ0) is 16.9. The molecule has 23 heavy (non-hydrogen) atoms. The molecule has 1 rings (SSSR count). The van der Waals surface area contributed by atoms with Gasteiger partial charge in [0.25, 0.3) is 0 Å². The van der Waals surface area contributed by atoms with Crippen molar-refractivity contribution in [2.24, 2.45) is 0 Å². The molecule has 3 N–H and O–H groups in total. The molecule has 3 atom stereocenters. The summed E-state index contributed by atoms with van der Waals surface area (Å²) in [5.74, 6) is 0.